The van der Waals surface area contributed by atoms with Gasteiger partial charge in [0.15, 0.2) is 5.78 Å². The van der Waals surface area contributed by atoms with Gasteiger partial charge in [0, 0.05) is 23.2 Å². The third kappa shape index (κ3) is 3.48. The number of benzene rings is 2. The van der Waals surface area contributed by atoms with E-state index in [-0.39, 0.29) is 11.7 Å². The molecule has 3 aliphatic heterocycles. The number of hydrazone groups is 1. The average Bonchev–Trinajstić information content (AvgIpc) is 3.27. The van der Waals surface area contributed by atoms with E-state index in [1.165, 1.54) is 24.0 Å². The summed E-state index contributed by atoms with van der Waals surface area (Å²) >= 11 is 3.36. The minimum Gasteiger partial charge on any atom is -0.427 e. The van der Waals surface area contributed by atoms with Gasteiger partial charge in [-0.1, -0.05) is 22.0 Å². The second kappa shape index (κ2) is 8.08. The van der Waals surface area contributed by atoms with Gasteiger partial charge in [0.25, 0.3) is 0 Å². The van der Waals surface area contributed by atoms with Gasteiger partial charge in [-0.05, 0) is 54.6 Å². The van der Waals surface area contributed by atoms with Crippen molar-refractivity contribution in [2.24, 2.45) is 16.9 Å². The van der Waals surface area contributed by atoms with Crippen molar-refractivity contribution in [2.45, 2.75) is 19.0 Å². The highest BCUT2D eigenvalue weighted by atomic mass is 79.9. The maximum atomic E-state index is 13.6. The molecule has 3 heterocycles. The van der Waals surface area contributed by atoms with Crippen molar-refractivity contribution >= 4 is 51.4 Å². The Morgan fingerprint density at radius 2 is 1.64 bits per heavy atom. The second-order valence-corrected chi connectivity index (χ2v) is 8.90. The number of nitrogens with zero attached hydrogens (tertiary/aromatic N) is 3. The molecule has 3 aliphatic rings. The summed E-state index contributed by atoms with van der Waals surface area (Å²) in [5, 5.41) is 5.90. The topological polar surface area (TPSA) is 96.3 Å². The Balaban J connectivity index is 1.51. The van der Waals surface area contributed by atoms with Crippen LogP contribution in [0, 0.1) is 11.8 Å². The van der Waals surface area contributed by atoms with Crippen molar-refractivity contribution in [1.82, 2.24) is 5.01 Å². The van der Waals surface area contributed by atoms with Crippen molar-refractivity contribution in [3.8, 4) is 5.75 Å². The van der Waals surface area contributed by atoms with Crippen LogP contribution >= 0.6 is 15.9 Å². The van der Waals surface area contributed by atoms with Gasteiger partial charge in [0.05, 0.1) is 23.6 Å². The Bertz CT molecular complexity index is 1220. The molecule has 0 aliphatic carbocycles. The first-order valence-electron chi connectivity index (χ1n) is 10.3. The van der Waals surface area contributed by atoms with E-state index in [9.17, 15) is 19.2 Å². The predicted octanol–water partition coefficient (Wildman–Crippen LogP) is 2.97. The first-order chi connectivity index (χ1) is 15.9. The van der Waals surface area contributed by atoms with Gasteiger partial charge >= 0.3 is 5.97 Å². The van der Waals surface area contributed by atoms with Gasteiger partial charge in [0.2, 0.25) is 11.8 Å². The Morgan fingerprint density at radius 1 is 0.970 bits per heavy atom. The molecule has 0 spiro atoms. The highest BCUT2D eigenvalue weighted by Crippen LogP contribution is 2.46. The van der Waals surface area contributed by atoms with Crippen LogP contribution in [-0.4, -0.2) is 46.9 Å². The van der Waals surface area contributed by atoms with Crippen LogP contribution in [0.5, 0.6) is 5.75 Å². The molecule has 0 saturated carbocycles. The van der Waals surface area contributed by atoms with Crippen molar-refractivity contribution < 1.29 is 23.9 Å². The molecule has 4 atom stereocenters. The zero-order chi connectivity index (χ0) is 23.3. The van der Waals surface area contributed by atoms with Gasteiger partial charge < -0.3 is 4.74 Å². The molecule has 2 saturated heterocycles. The molecule has 5 rings (SSSR count). The Kier molecular flexibility index (Phi) is 5.20. The van der Waals surface area contributed by atoms with Crippen LogP contribution in [0.25, 0.3) is 0 Å². The fraction of sp³-hybridized carbons (Fsp3) is 0.208. The number of carbonyl (C=O) groups excluding carboxylic acids is 4. The van der Waals surface area contributed by atoms with E-state index < -0.39 is 35.8 Å². The van der Waals surface area contributed by atoms with Crippen LogP contribution < -0.4 is 9.64 Å². The number of Topliss-reactive ketones (excluding diaryl/α,β-unsaturated/α-hetero) is 1. The number of esters is 1. The normalized spacial score (nSPS) is 25.3. The zero-order valence-electron chi connectivity index (χ0n) is 17.4. The molecule has 0 radical (unpaired) electrons. The summed E-state index contributed by atoms with van der Waals surface area (Å²) in [6, 6.07) is 11.6. The first kappa shape index (κ1) is 21.3. The summed E-state index contributed by atoms with van der Waals surface area (Å²) in [6.45, 7) is 1.29. The Morgan fingerprint density at radius 3 is 2.30 bits per heavy atom. The number of amides is 2. The van der Waals surface area contributed by atoms with E-state index in [4.69, 9.17) is 4.74 Å². The van der Waals surface area contributed by atoms with Gasteiger partial charge in [-0.3, -0.25) is 24.2 Å². The number of hydrogen-bond acceptors (Lipinski definition) is 7. The summed E-state index contributed by atoms with van der Waals surface area (Å²) < 4.78 is 5.86. The number of ether oxygens (including phenoxy) is 1. The number of anilines is 1. The number of ketones is 1. The molecular formula is C24H18BrN3O5. The zero-order valence-corrected chi connectivity index (χ0v) is 19.0. The number of carbonyl (C=O) groups is 4. The van der Waals surface area contributed by atoms with Crippen LogP contribution in [0.4, 0.5) is 5.69 Å². The molecular weight excluding hydrogens is 490 g/mol. The molecule has 0 unspecified atom stereocenters. The van der Waals surface area contributed by atoms with Crippen molar-refractivity contribution in [3.05, 3.63) is 70.7 Å². The third-order valence-electron chi connectivity index (χ3n) is 6.04. The summed E-state index contributed by atoms with van der Waals surface area (Å²) in [4.78, 5) is 52.9. The Labute approximate surface area is 197 Å². The molecule has 2 amide bonds. The van der Waals surface area contributed by atoms with E-state index in [1.54, 1.807) is 59.8 Å². The maximum absolute atomic E-state index is 13.6. The first-order valence-corrected chi connectivity index (χ1v) is 11.1. The number of halogens is 1. The molecule has 2 aromatic rings. The minimum absolute atomic E-state index is 0.314. The number of fused-ring (bicyclic) bond motifs is 3. The van der Waals surface area contributed by atoms with Crippen LogP contribution in [0.3, 0.4) is 0 Å². The lowest BCUT2D eigenvalue weighted by molar-refractivity contribution is -0.132. The molecule has 9 heteroatoms. The fourth-order valence-electron chi connectivity index (χ4n) is 4.71. The predicted molar refractivity (Wildman–Crippen MR) is 123 cm³/mol. The summed E-state index contributed by atoms with van der Waals surface area (Å²) in [7, 11) is 0. The summed E-state index contributed by atoms with van der Waals surface area (Å²) in [5.41, 5.74) is 0.803. The van der Waals surface area contributed by atoms with Crippen LogP contribution in [0.15, 0.2) is 70.3 Å². The van der Waals surface area contributed by atoms with Crippen LogP contribution in [0.2, 0.25) is 0 Å². The lowest BCUT2D eigenvalue weighted by Crippen LogP contribution is -2.46. The van der Waals surface area contributed by atoms with Crippen molar-refractivity contribution in [3.63, 3.8) is 0 Å². The number of imide groups is 1. The third-order valence-corrected chi connectivity index (χ3v) is 6.57. The lowest BCUT2D eigenvalue weighted by Gasteiger charge is -2.30. The van der Waals surface area contributed by atoms with Crippen LogP contribution in [0.1, 0.15) is 17.3 Å². The maximum Gasteiger partial charge on any atom is 0.308 e. The molecule has 2 aromatic carbocycles. The van der Waals surface area contributed by atoms with E-state index in [0.717, 1.165) is 4.47 Å². The van der Waals surface area contributed by atoms with Gasteiger partial charge in [-0.2, -0.15) is 5.10 Å². The standard InChI is InChI=1S/C24H18BrN3O5/c1-13(29)33-17-10-4-14(5-11-17)22(30)21-20-19(18-3-2-12-26-28(18)21)23(31)27(24(20)32)16-8-6-15(25)7-9-16/h2-12,18-21H,1H3/t18-,19-,20+,21-/m0/s1. The van der Waals surface area contributed by atoms with Gasteiger partial charge in [-0.15, -0.1) is 0 Å². The smallest absolute Gasteiger partial charge is 0.308 e. The molecule has 0 bridgehead atoms. The van der Waals surface area contributed by atoms with Gasteiger partial charge in [0.1, 0.15) is 11.8 Å². The van der Waals surface area contributed by atoms with Crippen LogP contribution in [-0.2, 0) is 14.4 Å². The molecule has 166 valence electrons. The minimum atomic E-state index is -0.933. The monoisotopic (exact) mass is 507 g/mol. The fourth-order valence-corrected chi connectivity index (χ4v) is 4.97. The molecule has 8 nitrogen and oxygen atoms in total. The SMILES string of the molecule is CC(=O)Oc1ccc(C(=O)[C@@H]2[C@@H]3C(=O)N(c4ccc(Br)cc4)C(=O)[C@H]3[C@@H]3C=CC=NN23)cc1. The highest BCUT2D eigenvalue weighted by molar-refractivity contribution is 9.10. The highest BCUT2D eigenvalue weighted by Gasteiger charge is 2.64. The number of rotatable bonds is 4. The van der Waals surface area contributed by atoms with Crippen molar-refractivity contribution in [2.75, 3.05) is 4.90 Å². The van der Waals surface area contributed by atoms with Gasteiger partial charge in [-0.25, -0.2) is 4.90 Å². The molecule has 2 fully saturated rings. The molecule has 0 N–H and O–H groups in total. The number of allylic oxidation sites excluding steroid dienone is 1. The average molecular weight is 508 g/mol. The van der Waals surface area contributed by atoms with E-state index in [1.807, 2.05) is 0 Å². The second-order valence-electron chi connectivity index (χ2n) is 7.99. The summed E-state index contributed by atoms with van der Waals surface area (Å²) in [6.07, 6.45) is 5.07. The van der Waals surface area contributed by atoms with E-state index in [2.05, 4.69) is 21.0 Å². The van der Waals surface area contributed by atoms with Crippen molar-refractivity contribution in [1.29, 1.82) is 0 Å². The molecule has 0 aromatic heterocycles. The van der Waals surface area contributed by atoms with E-state index >= 15 is 0 Å². The van der Waals surface area contributed by atoms with E-state index in [0.29, 0.717) is 17.0 Å². The number of hydrogen-bond donors (Lipinski definition) is 0. The largest absolute Gasteiger partial charge is 0.427 e. The Hall–Kier alpha value is -3.59. The lowest BCUT2D eigenvalue weighted by atomic mass is 9.86. The quantitative estimate of drug-likeness (QED) is 0.273. The summed E-state index contributed by atoms with van der Waals surface area (Å²) in [5.74, 6) is -2.82. The molecule has 33 heavy (non-hydrogen) atoms.